The minimum Gasteiger partial charge on any atom is -0.347 e. The first-order chi connectivity index (χ1) is 12.0. The number of benzene rings is 1. The minimum atomic E-state index is -0.160. The highest BCUT2D eigenvalue weighted by atomic mass is 16.2. The molecule has 1 aromatic carbocycles. The second kappa shape index (κ2) is 7.51. The van der Waals surface area contributed by atoms with Crippen LogP contribution in [0, 0.1) is 6.92 Å². The van der Waals surface area contributed by atoms with Gasteiger partial charge in [0.2, 0.25) is 5.95 Å². The molecule has 1 aromatic heterocycles. The fourth-order valence-electron chi connectivity index (χ4n) is 3.21. The highest BCUT2D eigenvalue weighted by Crippen LogP contribution is 2.32. The van der Waals surface area contributed by atoms with Gasteiger partial charge >= 0.3 is 6.03 Å². The Morgan fingerprint density at radius 3 is 2.84 bits per heavy atom. The lowest BCUT2D eigenvalue weighted by molar-refractivity contribution is 0.239. The van der Waals surface area contributed by atoms with Crippen LogP contribution < -0.4 is 15.5 Å². The number of amides is 2. The number of nitrogens with one attached hydrogen (secondary N) is 2. The predicted octanol–water partition coefficient (Wildman–Crippen LogP) is 2.38. The van der Waals surface area contributed by atoms with Crippen LogP contribution >= 0.6 is 0 Å². The third-order valence-corrected chi connectivity index (χ3v) is 4.49. The number of carbonyl (C=O) groups is 1. The largest absolute Gasteiger partial charge is 0.347 e. The Morgan fingerprint density at radius 1 is 1.24 bits per heavy atom. The van der Waals surface area contributed by atoms with Crippen LogP contribution in [0.25, 0.3) is 0 Å². The SMILES string of the molecule is Cc1cc(CNC(=O)NC[C@H]2CCc3ccccc32)nc(N(C)C)n1. The van der Waals surface area contributed by atoms with E-state index in [0.717, 1.165) is 24.2 Å². The number of hydrogen-bond acceptors (Lipinski definition) is 4. The van der Waals surface area contributed by atoms with Crippen LogP contribution in [-0.4, -0.2) is 36.6 Å². The van der Waals surface area contributed by atoms with E-state index >= 15 is 0 Å². The molecule has 0 saturated heterocycles. The van der Waals surface area contributed by atoms with Gasteiger partial charge in [-0.05, 0) is 37.0 Å². The zero-order valence-electron chi connectivity index (χ0n) is 15.0. The van der Waals surface area contributed by atoms with Crippen molar-refractivity contribution in [2.24, 2.45) is 0 Å². The van der Waals surface area contributed by atoms with Crippen molar-refractivity contribution in [1.29, 1.82) is 0 Å². The van der Waals surface area contributed by atoms with Crippen molar-refractivity contribution in [1.82, 2.24) is 20.6 Å². The Labute approximate surface area is 148 Å². The van der Waals surface area contributed by atoms with Crippen LogP contribution in [0.4, 0.5) is 10.7 Å². The molecule has 2 aromatic rings. The summed E-state index contributed by atoms with van der Waals surface area (Å²) in [6.45, 7) is 2.97. The number of aryl methyl sites for hydroxylation is 2. The van der Waals surface area contributed by atoms with Gasteiger partial charge in [0.25, 0.3) is 0 Å². The van der Waals surface area contributed by atoms with Crippen molar-refractivity contribution in [2.75, 3.05) is 25.5 Å². The topological polar surface area (TPSA) is 70.2 Å². The van der Waals surface area contributed by atoms with Crippen molar-refractivity contribution >= 4 is 12.0 Å². The highest BCUT2D eigenvalue weighted by molar-refractivity contribution is 5.73. The number of rotatable bonds is 5. The number of anilines is 1. The Hall–Kier alpha value is -2.63. The molecule has 6 heteroatoms. The Morgan fingerprint density at radius 2 is 2.04 bits per heavy atom. The van der Waals surface area contributed by atoms with E-state index in [1.54, 1.807) is 0 Å². The van der Waals surface area contributed by atoms with Crippen LogP contribution in [0.3, 0.4) is 0 Å². The summed E-state index contributed by atoms with van der Waals surface area (Å²) in [7, 11) is 3.80. The molecule has 0 fully saturated rings. The third kappa shape index (κ3) is 4.26. The molecule has 1 aliphatic carbocycles. The Balaban J connectivity index is 1.51. The predicted molar refractivity (Wildman–Crippen MR) is 98.8 cm³/mol. The first kappa shape index (κ1) is 17.2. The lowest BCUT2D eigenvalue weighted by atomic mass is 10.0. The first-order valence-electron chi connectivity index (χ1n) is 8.64. The Bertz CT molecular complexity index is 759. The molecule has 0 unspecified atom stereocenters. The van der Waals surface area contributed by atoms with Gasteiger partial charge in [0.1, 0.15) is 0 Å². The van der Waals surface area contributed by atoms with Crippen LogP contribution in [0.15, 0.2) is 30.3 Å². The molecule has 0 spiro atoms. The number of carbonyl (C=O) groups excluding carboxylic acids is 1. The van der Waals surface area contributed by atoms with E-state index in [1.807, 2.05) is 32.0 Å². The molecule has 0 saturated carbocycles. The molecule has 6 nitrogen and oxygen atoms in total. The van der Waals surface area contributed by atoms with E-state index in [2.05, 4.69) is 44.9 Å². The number of urea groups is 1. The van der Waals surface area contributed by atoms with Crippen molar-refractivity contribution < 1.29 is 4.79 Å². The molecular formula is C19H25N5O. The van der Waals surface area contributed by atoms with Gasteiger partial charge in [-0.2, -0.15) is 0 Å². The quantitative estimate of drug-likeness (QED) is 0.877. The molecule has 0 aliphatic heterocycles. The second-order valence-electron chi connectivity index (χ2n) is 6.69. The van der Waals surface area contributed by atoms with E-state index in [4.69, 9.17) is 0 Å². The van der Waals surface area contributed by atoms with Crippen molar-refractivity contribution in [2.45, 2.75) is 32.2 Å². The summed E-state index contributed by atoms with van der Waals surface area (Å²) in [4.78, 5) is 22.8. The van der Waals surface area contributed by atoms with E-state index in [-0.39, 0.29) is 6.03 Å². The molecule has 25 heavy (non-hydrogen) atoms. The van der Waals surface area contributed by atoms with E-state index < -0.39 is 0 Å². The van der Waals surface area contributed by atoms with Crippen LogP contribution in [0.5, 0.6) is 0 Å². The fraction of sp³-hybridized carbons (Fsp3) is 0.421. The molecule has 132 valence electrons. The Kier molecular flexibility index (Phi) is 5.16. The zero-order chi connectivity index (χ0) is 17.8. The molecule has 2 N–H and O–H groups in total. The van der Waals surface area contributed by atoms with E-state index in [0.29, 0.717) is 25.0 Å². The number of fused-ring (bicyclic) bond motifs is 1. The molecule has 0 radical (unpaired) electrons. The number of hydrogen-bond donors (Lipinski definition) is 2. The van der Waals surface area contributed by atoms with Gasteiger partial charge < -0.3 is 15.5 Å². The molecule has 2 amide bonds. The van der Waals surface area contributed by atoms with Gasteiger partial charge in [-0.3, -0.25) is 0 Å². The first-order valence-corrected chi connectivity index (χ1v) is 8.64. The average molecular weight is 339 g/mol. The maximum Gasteiger partial charge on any atom is 0.315 e. The van der Waals surface area contributed by atoms with Gasteiger partial charge in [-0.15, -0.1) is 0 Å². The van der Waals surface area contributed by atoms with Gasteiger partial charge in [0, 0.05) is 32.3 Å². The maximum absolute atomic E-state index is 12.1. The maximum atomic E-state index is 12.1. The molecule has 1 aliphatic rings. The normalized spacial score (nSPS) is 15.6. The standard InChI is InChI=1S/C19H25N5O/c1-13-10-16(23-18(22-13)24(2)3)12-21-19(25)20-11-15-9-8-14-6-4-5-7-17(14)15/h4-7,10,15H,8-9,11-12H2,1-3H3,(H2,20,21,25)/t15-/m1/s1. The van der Waals surface area contributed by atoms with Gasteiger partial charge in [0.15, 0.2) is 0 Å². The fourth-order valence-corrected chi connectivity index (χ4v) is 3.21. The molecule has 1 atom stereocenters. The third-order valence-electron chi connectivity index (χ3n) is 4.49. The lowest BCUT2D eigenvalue weighted by Gasteiger charge is -2.15. The van der Waals surface area contributed by atoms with Gasteiger partial charge in [-0.25, -0.2) is 14.8 Å². The number of nitrogens with zero attached hydrogens (tertiary/aromatic N) is 3. The highest BCUT2D eigenvalue weighted by Gasteiger charge is 2.22. The molecular weight excluding hydrogens is 314 g/mol. The summed E-state index contributed by atoms with van der Waals surface area (Å²) >= 11 is 0. The van der Waals surface area contributed by atoms with Crippen LogP contribution in [0.2, 0.25) is 0 Å². The minimum absolute atomic E-state index is 0.160. The molecule has 1 heterocycles. The average Bonchev–Trinajstić information content (AvgIpc) is 3.01. The molecule has 3 rings (SSSR count). The van der Waals surface area contributed by atoms with Crippen LogP contribution in [0.1, 0.15) is 34.9 Å². The summed E-state index contributed by atoms with van der Waals surface area (Å²) in [6.07, 6.45) is 2.19. The van der Waals surface area contributed by atoms with E-state index in [1.165, 1.54) is 11.1 Å². The smallest absolute Gasteiger partial charge is 0.315 e. The molecule has 0 bridgehead atoms. The summed E-state index contributed by atoms with van der Waals surface area (Å²) in [5.41, 5.74) is 4.46. The van der Waals surface area contributed by atoms with Crippen molar-refractivity contribution in [3.8, 4) is 0 Å². The van der Waals surface area contributed by atoms with Gasteiger partial charge in [-0.1, -0.05) is 24.3 Å². The van der Waals surface area contributed by atoms with Crippen molar-refractivity contribution in [3.63, 3.8) is 0 Å². The van der Waals surface area contributed by atoms with Crippen LogP contribution in [-0.2, 0) is 13.0 Å². The summed E-state index contributed by atoms with van der Waals surface area (Å²) in [5, 5.41) is 5.87. The summed E-state index contributed by atoms with van der Waals surface area (Å²) < 4.78 is 0. The monoisotopic (exact) mass is 339 g/mol. The summed E-state index contributed by atoms with van der Waals surface area (Å²) in [5.74, 6) is 1.06. The second-order valence-corrected chi connectivity index (χ2v) is 6.69. The van der Waals surface area contributed by atoms with Crippen molar-refractivity contribution in [3.05, 3.63) is 52.8 Å². The van der Waals surface area contributed by atoms with E-state index in [9.17, 15) is 4.79 Å². The lowest BCUT2D eigenvalue weighted by Crippen LogP contribution is -2.37. The summed E-state index contributed by atoms with van der Waals surface area (Å²) in [6, 6.07) is 10.2. The number of aromatic nitrogens is 2. The zero-order valence-corrected chi connectivity index (χ0v) is 15.0. The van der Waals surface area contributed by atoms with Gasteiger partial charge in [0.05, 0.1) is 12.2 Å².